The molecule has 170 valence electrons. The van der Waals surface area contributed by atoms with E-state index in [0.29, 0.717) is 18.1 Å². The van der Waals surface area contributed by atoms with Gasteiger partial charge in [-0.25, -0.2) is 12.8 Å². The lowest BCUT2D eigenvalue weighted by atomic mass is 10.2. The molecular formula is C20H29FN5O3S2+. The number of nitrogens with zero attached hydrogens (tertiary/aromatic N) is 4. The monoisotopic (exact) mass is 470 g/mol. The van der Waals surface area contributed by atoms with E-state index < -0.39 is 9.84 Å². The van der Waals surface area contributed by atoms with Gasteiger partial charge in [0, 0.05) is 18.3 Å². The molecule has 0 aliphatic carbocycles. The van der Waals surface area contributed by atoms with Crippen LogP contribution >= 0.6 is 11.8 Å². The van der Waals surface area contributed by atoms with E-state index in [-0.39, 0.29) is 41.1 Å². The zero-order valence-corrected chi connectivity index (χ0v) is 19.8. The average Bonchev–Trinajstić information content (AvgIpc) is 3.30. The third-order valence-corrected chi connectivity index (χ3v) is 8.30. The quantitative estimate of drug-likeness (QED) is 0.573. The van der Waals surface area contributed by atoms with Gasteiger partial charge in [0.15, 0.2) is 20.8 Å². The van der Waals surface area contributed by atoms with Crippen LogP contribution < -0.4 is 4.90 Å². The summed E-state index contributed by atoms with van der Waals surface area (Å²) < 4.78 is 38.9. The predicted molar refractivity (Wildman–Crippen MR) is 118 cm³/mol. The molecule has 1 saturated heterocycles. The van der Waals surface area contributed by atoms with Gasteiger partial charge in [-0.2, -0.15) is 0 Å². The first-order valence-electron chi connectivity index (χ1n) is 10.3. The fourth-order valence-corrected chi connectivity index (χ4v) is 6.19. The third-order valence-electron chi connectivity index (χ3n) is 5.63. The summed E-state index contributed by atoms with van der Waals surface area (Å²) >= 11 is 1.25. The van der Waals surface area contributed by atoms with Crippen LogP contribution in [0.3, 0.4) is 0 Å². The summed E-state index contributed by atoms with van der Waals surface area (Å²) in [5.41, 5.74) is 0.721. The summed E-state index contributed by atoms with van der Waals surface area (Å²) in [7, 11) is 0.955. The number of carbonyl (C=O) groups is 1. The summed E-state index contributed by atoms with van der Waals surface area (Å²) in [6.45, 7) is 4.34. The number of hydrogen-bond donors (Lipinski definition) is 1. The normalized spacial score (nSPS) is 19.0. The maximum Gasteiger partial charge on any atom is 0.233 e. The second-order valence-electron chi connectivity index (χ2n) is 7.98. The van der Waals surface area contributed by atoms with Gasteiger partial charge in [-0.05, 0) is 44.5 Å². The number of amides is 1. The van der Waals surface area contributed by atoms with Crippen molar-refractivity contribution in [2.45, 2.75) is 37.5 Å². The Bertz CT molecular complexity index is 1020. The van der Waals surface area contributed by atoms with Gasteiger partial charge in [-0.15, -0.1) is 10.2 Å². The summed E-state index contributed by atoms with van der Waals surface area (Å²) in [5, 5.41) is 9.19. The Balaban J connectivity index is 1.82. The lowest BCUT2D eigenvalue weighted by Crippen LogP contribution is -3.05. The topological polar surface area (TPSA) is 89.6 Å². The molecule has 2 aromatic rings. The molecular weight excluding hydrogens is 441 g/mol. The van der Waals surface area contributed by atoms with Crippen molar-refractivity contribution in [1.29, 1.82) is 0 Å². The Kier molecular flexibility index (Phi) is 7.38. The highest BCUT2D eigenvalue weighted by atomic mass is 32.2. The maximum absolute atomic E-state index is 13.5. The van der Waals surface area contributed by atoms with Gasteiger partial charge in [-0.1, -0.05) is 11.8 Å². The smallest absolute Gasteiger partial charge is 0.233 e. The van der Waals surface area contributed by atoms with Gasteiger partial charge in [0.25, 0.3) is 0 Å². The molecule has 8 nitrogen and oxygen atoms in total. The zero-order valence-electron chi connectivity index (χ0n) is 18.2. The highest BCUT2D eigenvalue weighted by molar-refractivity contribution is 7.99. The van der Waals surface area contributed by atoms with E-state index in [9.17, 15) is 17.6 Å². The first-order valence-corrected chi connectivity index (χ1v) is 13.1. The summed E-state index contributed by atoms with van der Waals surface area (Å²) in [4.78, 5) is 15.7. The van der Waals surface area contributed by atoms with Crippen molar-refractivity contribution in [3.63, 3.8) is 0 Å². The molecule has 1 aromatic heterocycles. The molecule has 1 aromatic carbocycles. The molecule has 0 radical (unpaired) electrons. The van der Waals surface area contributed by atoms with Crippen LogP contribution in [0.15, 0.2) is 29.4 Å². The van der Waals surface area contributed by atoms with E-state index in [0.717, 1.165) is 16.4 Å². The van der Waals surface area contributed by atoms with E-state index in [2.05, 4.69) is 10.2 Å². The van der Waals surface area contributed by atoms with Crippen LogP contribution in [-0.4, -0.2) is 77.9 Å². The van der Waals surface area contributed by atoms with Crippen LogP contribution in [-0.2, 0) is 14.6 Å². The van der Waals surface area contributed by atoms with Gasteiger partial charge in [0.2, 0.25) is 5.91 Å². The Morgan fingerprint density at radius 3 is 2.55 bits per heavy atom. The number of hydrogen-bond acceptors (Lipinski definition) is 6. The molecule has 3 rings (SSSR count). The molecule has 11 heteroatoms. The van der Waals surface area contributed by atoms with Crippen LogP contribution in [0, 0.1) is 5.82 Å². The second-order valence-corrected chi connectivity index (χ2v) is 11.1. The highest BCUT2D eigenvalue weighted by Crippen LogP contribution is 2.26. The number of carbonyl (C=O) groups excluding carboxylic acids is 1. The largest absolute Gasteiger partial charge is 0.338 e. The molecule has 2 atom stereocenters. The van der Waals surface area contributed by atoms with Gasteiger partial charge in [0.1, 0.15) is 11.9 Å². The number of aromatic nitrogens is 3. The van der Waals surface area contributed by atoms with E-state index in [4.69, 9.17) is 0 Å². The SMILES string of the molecule is CCN(C(=O)CSc1nnc([C@H](C)[NH+](C)C)n1-c1ccc(F)cc1)[C@H]1CCS(=O)(=O)C1. The van der Waals surface area contributed by atoms with Crippen LogP contribution in [0.4, 0.5) is 4.39 Å². The minimum Gasteiger partial charge on any atom is -0.338 e. The molecule has 0 spiro atoms. The maximum atomic E-state index is 13.5. The third kappa shape index (κ3) is 5.45. The zero-order chi connectivity index (χ0) is 22.8. The molecule has 0 saturated carbocycles. The van der Waals surface area contributed by atoms with Crippen molar-refractivity contribution in [2.24, 2.45) is 0 Å². The number of nitrogens with one attached hydrogen (secondary N) is 1. The molecule has 1 aliphatic rings. The minimum atomic E-state index is -3.07. The van der Waals surface area contributed by atoms with Crippen molar-refractivity contribution >= 4 is 27.5 Å². The highest BCUT2D eigenvalue weighted by Gasteiger charge is 2.34. The van der Waals surface area contributed by atoms with Gasteiger partial charge in [0.05, 0.1) is 31.4 Å². The van der Waals surface area contributed by atoms with E-state index >= 15 is 0 Å². The van der Waals surface area contributed by atoms with Crippen molar-refractivity contribution in [2.75, 3.05) is 37.9 Å². The van der Waals surface area contributed by atoms with Crippen LogP contribution in [0.2, 0.25) is 0 Å². The van der Waals surface area contributed by atoms with E-state index in [1.54, 1.807) is 17.0 Å². The molecule has 0 bridgehead atoms. The number of quaternary nitrogens is 1. The number of sulfone groups is 1. The molecule has 31 heavy (non-hydrogen) atoms. The Morgan fingerprint density at radius 1 is 1.32 bits per heavy atom. The van der Waals surface area contributed by atoms with Crippen molar-refractivity contribution in [3.8, 4) is 5.69 Å². The Morgan fingerprint density at radius 2 is 2.00 bits per heavy atom. The summed E-state index contributed by atoms with van der Waals surface area (Å²) in [6.07, 6.45) is 0.478. The van der Waals surface area contributed by atoms with Crippen molar-refractivity contribution in [3.05, 3.63) is 35.9 Å². The Labute approximate surface area is 186 Å². The van der Waals surface area contributed by atoms with Crippen LogP contribution in [0.5, 0.6) is 0 Å². The minimum absolute atomic E-state index is 0.0241. The molecule has 1 N–H and O–H groups in total. The lowest BCUT2D eigenvalue weighted by Gasteiger charge is -2.26. The molecule has 1 amide bonds. The molecule has 1 aliphatic heterocycles. The van der Waals surface area contributed by atoms with E-state index in [1.807, 2.05) is 32.5 Å². The predicted octanol–water partition coefficient (Wildman–Crippen LogP) is 0.740. The second kappa shape index (κ2) is 9.66. The lowest BCUT2D eigenvalue weighted by molar-refractivity contribution is -0.890. The van der Waals surface area contributed by atoms with Crippen LogP contribution in [0.25, 0.3) is 5.69 Å². The van der Waals surface area contributed by atoms with Gasteiger partial charge in [-0.3, -0.25) is 9.36 Å². The fraction of sp³-hybridized carbons (Fsp3) is 0.550. The number of thioether (sulfide) groups is 1. The standard InChI is InChI=1S/C20H28FN5O3S2/c1-5-25(17-10-11-31(28,29)13-17)18(27)12-30-20-23-22-19(14(2)24(3)4)26(20)16-8-6-15(21)7-9-16/h6-9,14,17H,5,10-13H2,1-4H3/p+1/t14-,17-/m0/s1. The fourth-order valence-electron chi connectivity index (χ4n) is 3.61. The first kappa shape index (κ1) is 23.7. The molecule has 1 fully saturated rings. The van der Waals surface area contributed by atoms with Crippen molar-refractivity contribution < 1.29 is 22.5 Å². The number of halogens is 1. The van der Waals surface area contributed by atoms with Gasteiger partial charge < -0.3 is 9.80 Å². The summed E-state index contributed by atoms with van der Waals surface area (Å²) in [6, 6.07) is 5.83. The van der Waals surface area contributed by atoms with Crippen LogP contribution in [0.1, 0.15) is 32.1 Å². The van der Waals surface area contributed by atoms with E-state index in [1.165, 1.54) is 23.9 Å². The average molecular weight is 471 g/mol. The van der Waals surface area contributed by atoms with Gasteiger partial charge >= 0.3 is 0 Å². The first-order chi connectivity index (χ1) is 14.6. The van der Waals surface area contributed by atoms with Crippen molar-refractivity contribution in [1.82, 2.24) is 19.7 Å². The Hall–Kier alpha value is -1.98. The molecule has 0 unspecified atom stereocenters. The summed E-state index contributed by atoms with van der Waals surface area (Å²) in [5.74, 6) is 0.524. The number of benzene rings is 1. The molecule has 2 heterocycles. The number of rotatable bonds is 8.